The molecule has 20 heavy (non-hydrogen) atoms. The second-order valence-electron chi connectivity index (χ2n) is 4.64. The van der Waals surface area contributed by atoms with Gasteiger partial charge in [0.15, 0.2) is 5.78 Å². The normalized spacial score (nSPS) is 17.3. The molecule has 1 aromatic rings. The minimum Gasteiger partial charge on any atom is -0.390 e. The largest absolute Gasteiger partial charge is 0.390 e. The molecule has 0 aliphatic carbocycles. The van der Waals surface area contributed by atoms with Crippen molar-refractivity contribution in [2.45, 2.75) is 44.2 Å². The first-order valence-electron chi connectivity index (χ1n) is 6.36. The molecule has 0 saturated carbocycles. The Morgan fingerprint density at radius 1 is 1.15 bits per heavy atom. The molecule has 0 fully saturated rings. The maximum atomic E-state index is 11.9. The third-order valence-electron chi connectivity index (χ3n) is 3.14. The molecular formula is C14H19ClO5. The van der Waals surface area contributed by atoms with E-state index in [0.29, 0.717) is 10.6 Å². The van der Waals surface area contributed by atoms with Crippen LogP contribution in [0.1, 0.15) is 18.9 Å². The SMILES string of the molecule is CC[C@@H](O)[C@@H](O)[C@H](O)[C@@H](O)C(=O)Cc1ccccc1Cl. The Kier molecular flexibility index (Phi) is 6.58. The average molecular weight is 303 g/mol. The summed E-state index contributed by atoms with van der Waals surface area (Å²) in [6.07, 6.45) is -6.25. The molecule has 1 aromatic carbocycles. The van der Waals surface area contributed by atoms with Gasteiger partial charge in [-0.2, -0.15) is 0 Å². The summed E-state index contributed by atoms with van der Waals surface area (Å²) >= 11 is 5.90. The van der Waals surface area contributed by atoms with E-state index in [-0.39, 0.29) is 12.8 Å². The summed E-state index contributed by atoms with van der Waals surface area (Å²) in [6.45, 7) is 1.61. The van der Waals surface area contributed by atoms with E-state index < -0.39 is 30.2 Å². The predicted octanol–water partition coefficient (Wildman–Crippen LogP) is 0.305. The van der Waals surface area contributed by atoms with Crippen molar-refractivity contribution in [3.8, 4) is 0 Å². The molecule has 0 radical (unpaired) electrons. The lowest BCUT2D eigenvalue weighted by atomic mass is 9.96. The number of halogens is 1. The number of carbonyl (C=O) groups excluding carboxylic acids is 1. The number of hydrogen-bond acceptors (Lipinski definition) is 5. The van der Waals surface area contributed by atoms with Crippen molar-refractivity contribution in [2.24, 2.45) is 0 Å². The minimum atomic E-state index is -1.78. The van der Waals surface area contributed by atoms with Crippen molar-refractivity contribution in [1.82, 2.24) is 0 Å². The van der Waals surface area contributed by atoms with Crippen LogP contribution in [-0.4, -0.2) is 50.6 Å². The standard InChI is InChI=1S/C14H19ClO5/c1-2-10(16)12(18)14(20)13(19)11(17)7-8-5-3-4-6-9(8)15/h3-6,10,12-14,16,18-20H,2,7H2,1H3/t10-,12-,13+,14+/m1/s1. The van der Waals surface area contributed by atoms with E-state index in [0.717, 1.165) is 0 Å². The Balaban J connectivity index is 2.70. The van der Waals surface area contributed by atoms with Gasteiger partial charge in [0.05, 0.1) is 6.10 Å². The van der Waals surface area contributed by atoms with E-state index in [9.17, 15) is 25.2 Å². The van der Waals surface area contributed by atoms with Crippen molar-refractivity contribution >= 4 is 17.4 Å². The fraction of sp³-hybridized carbons (Fsp3) is 0.500. The molecule has 0 aliphatic heterocycles. The molecule has 112 valence electrons. The highest BCUT2D eigenvalue weighted by Crippen LogP contribution is 2.17. The zero-order chi connectivity index (χ0) is 15.3. The third kappa shape index (κ3) is 4.26. The summed E-state index contributed by atoms with van der Waals surface area (Å²) in [7, 11) is 0. The van der Waals surface area contributed by atoms with Gasteiger partial charge in [-0.25, -0.2) is 0 Å². The van der Waals surface area contributed by atoms with Gasteiger partial charge < -0.3 is 20.4 Å². The van der Waals surface area contributed by atoms with Crippen LogP contribution in [0.25, 0.3) is 0 Å². The molecule has 6 heteroatoms. The molecule has 0 aliphatic rings. The van der Waals surface area contributed by atoms with Crippen LogP contribution in [0.2, 0.25) is 5.02 Å². The number of aliphatic hydroxyl groups excluding tert-OH is 4. The van der Waals surface area contributed by atoms with Gasteiger partial charge >= 0.3 is 0 Å². The van der Waals surface area contributed by atoms with E-state index in [4.69, 9.17) is 11.6 Å². The van der Waals surface area contributed by atoms with E-state index >= 15 is 0 Å². The summed E-state index contributed by atoms with van der Waals surface area (Å²) < 4.78 is 0. The van der Waals surface area contributed by atoms with Crippen LogP contribution >= 0.6 is 11.6 Å². The first-order chi connectivity index (χ1) is 9.38. The number of rotatable bonds is 7. The number of benzene rings is 1. The van der Waals surface area contributed by atoms with Crippen molar-refractivity contribution in [1.29, 1.82) is 0 Å². The molecule has 1 rings (SSSR count). The Bertz CT molecular complexity index is 451. The first-order valence-corrected chi connectivity index (χ1v) is 6.74. The first kappa shape index (κ1) is 17.1. The van der Waals surface area contributed by atoms with Crippen LogP contribution in [0.5, 0.6) is 0 Å². The zero-order valence-electron chi connectivity index (χ0n) is 11.1. The monoisotopic (exact) mass is 302 g/mol. The fourth-order valence-corrected chi connectivity index (χ4v) is 1.98. The summed E-state index contributed by atoms with van der Waals surface area (Å²) in [6, 6.07) is 6.66. The van der Waals surface area contributed by atoms with Crippen molar-refractivity contribution in [2.75, 3.05) is 0 Å². The summed E-state index contributed by atoms with van der Waals surface area (Å²) in [5.74, 6) is -0.673. The van der Waals surface area contributed by atoms with Gasteiger partial charge in [-0.1, -0.05) is 36.7 Å². The fourth-order valence-electron chi connectivity index (χ4n) is 1.78. The summed E-state index contributed by atoms with van der Waals surface area (Å²) in [5, 5.41) is 38.8. The lowest BCUT2D eigenvalue weighted by molar-refractivity contribution is -0.144. The number of ketones is 1. The highest BCUT2D eigenvalue weighted by atomic mass is 35.5. The van der Waals surface area contributed by atoms with Gasteiger partial charge in [0.25, 0.3) is 0 Å². The number of aliphatic hydroxyl groups is 4. The van der Waals surface area contributed by atoms with Crippen molar-refractivity contribution in [3.05, 3.63) is 34.9 Å². The number of carbonyl (C=O) groups is 1. The van der Waals surface area contributed by atoms with Crippen LogP contribution in [-0.2, 0) is 11.2 Å². The number of Topliss-reactive ketones (excluding diaryl/α,β-unsaturated/α-hetero) is 1. The Hall–Kier alpha value is -0.980. The highest BCUT2D eigenvalue weighted by Gasteiger charge is 2.33. The minimum absolute atomic E-state index is 0.160. The summed E-state index contributed by atoms with van der Waals surface area (Å²) in [5.41, 5.74) is 0.524. The van der Waals surface area contributed by atoms with Gasteiger partial charge in [-0.15, -0.1) is 0 Å². The van der Waals surface area contributed by atoms with Gasteiger partial charge in [-0.05, 0) is 18.1 Å². The average Bonchev–Trinajstić information content (AvgIpc) is 2.46. The summed E-state index contributed by atoms with van der Waals surface area (Å²) in [4.78, 5) is 11.9. The van der Waals surface area contributed by atoms with Gasteiger partial charge in [0, 0.05) is 11.4 Å². The van der Waals surface area contributed by atoms with Crippen LogP contribution in [0, 0.1) is 0 Å². The van der Waals surface area contributed by atoms with Crippen molar-refractivity contribution in [3.63, 3.8) is 0 Å². The molecule has 0 spiro atoms. The van der Waals surface area contributed by atoms with Gasteiger partial charge in [0.2, 0.25) is 0 Å². The van der Waals surface area contributed by atoms with Crippen LogP contribution in [0.15, 0.2) is 24.3 Å². The van der Waals surface area contributed by atoms with Crippen LogP contribution in [0.3, 0.4) is 0 Å². The molecule has 4 N–H and O–H groups in total. The Morgan fingerprint density at radius 3 is 2.30 bits per heavy atom. The van der Waals surface area contributed by atoms with Gasteiger partial charge in [-0.3, -0.25) is 4.79 Å². The second kappa shape index (κ2) is 7.71. The molecule has 0 aromatic heterocycles. The van der Waals surface area contributed by atoms with E-state index in [1.807, 2.05) is 0 Å². The van der Waals surface area contributed by atoms with Crippen LogP contribution in [0.4, 0.5) is 0 Å². The number of hydrogen-bond donors (Lipinski definition) is 4. The molecule has 0 amide bonds. The maximum Gasteiger partial charge on any atom is 0.168 e. The molecule has 0 saturated heterocycles. The highest BCUT2D eigenvalue weighted by molar-refractivity contribution is 6.31. The van der Waals surface area contributed by atoms with E-state index in [1.54, 1.807) is 31.2 Å². The maximum absolute atomic E-state index is 11.9. The van der Waals surface area contributed by atoms with Gasteiger partial charge in [0.1, 0.15) is 18.3 Å². The zero-order valence-corrected chi connectivity index (χ0v) is 11.9. The second-order valence-corrected chi connectivity index (χ2v) is 5.04. The molecule has 4 atom stereocenters. The van der Waals surface area contributed by atoms with Crippen molar-refractivity contribution < 1.29 is 25.2 Å². The smallest absolute Gasteiger partial charge is 0.168 e. The molecule has 0 heterocycles. The Morgan fingerprint density at radius 2 is 1.75 bits per heavy atom. The topological polar surface area (TPSA) is 98.0 Å². The predicted molar refractivity (Wildman–Crippen MR) is 74.5 cm³/mol. The molecule has 0 unspecified atom stereocenters. The van der Waals surface area contributed by atoms with E-state index in [2.05, 4.69) is 0 Å². The van der Waals surface area contributed by atoms with E-state index in [1.165, 1.54) is 0 Å². The molecule has 0 bridgehead atoms. The Labute approximate surface area is 122 Å². The quantitative estimate of drug-likeness (QED) is 0.581. The lowest BCUT2D eigenvalue weighted by Crippen LogP contribution is -2.47. The van der Waals surface area contributed by atoms with Crippen LogP contribution < -0.4 is 0 Å². The lowest BCUT2D eigenvalue weighted by Gasteiger charge is -2.25. The third-order valence-corrected chi connectivity index (χ3v) is 3.51. The molecule has 5 nitrogen and oxygen atoms in total. The molecular weight excluding hydrogens is 284 g/mol.